The maximum Gasteiger partial charge on any atom is 0.0917 e. The van der Waals surface area contributed by atoms with Crippen molar-refractivity contribution in [2.24, 2.45) is 0 Å². The van der Waals surface area contributed by atoms with Gasteiger partial charge in [0.15, 0.2) is 0 Å². The van der Waals surface area contributed by atoms with Gasteiger partial charge in [-0.1, -0.05) is 36.8 Å². The second-order valence-corrected chi connectivity index (χ2v) is 5.16. The summed E-state index contributed by atoms with van der Waals surface area (Å²) in [6.07, 6.45) is 3.43. The van der Waals surface area contributed by atoms with Gasteiger partial charge in [0, 0.05) is 12.6 Å². The molecule has 1 atom stereocenters. The first-order valence-electron chi connectivity index (χ1n) is 6.69. The van der Waals surface area contributed by atoms with Gasteiger partial charge in [-0.2, -0.15) is 0 Å². The molecule has 0 saturated heterocycles. The molecule has 2 rings (SSSR count). The number of aliphatic hydroxyl groups is 1. The molecule has 17 heavy (non-hydrogen) atoms. The van der Waals surface area contributed by atoms with Gasteiger partial charge in [0.1, 0.15) is 0 Å². The second kappa shape index (κ2) is 5.65. The molecular weight excluding hydrogens is 210 g/mol. The van der Waals surface area contributed by atoms with E-state index >= 15 is 0 Å². The molecule has 0 aliphatic heterocycles. The standard InChI is InChI=1S/C15H23NO/c1-3-9-16(14-7-8-14)11-15(17)13-6-4-5-12(2)10-13/h4-6,10,14-15,17H,3,7-9,11H2,1-2H3. The molecule has 0 bridgehead atoms. The highest BCUT2D eigenvalue weighted by Gasteiger charge is 2.29. The van der Waals surface area contributed by atoms with Crippen molar-refractivity contribution in [2.45, 2.75) is 45.3 Å². The van der Waals surface area contributed by atoms with Gasteiger partial charge in [-0.15, -0.1) is 0 Å². The fraction of sp³-hybridized carbons (Fsp3) is 0.600. The molecule has 0 aromatic heterocycles. The molecule has 0 radical (unpaired) electrons. The lowest BCUT2D eigenvalue weighted by Gasteiger charge is -2.24. The zero-order chi connectivity index (χ0) is 12.3. The number of hydrogen-bond donors (Lipinski definition) is 1. The second-order valence-electron chi connectivity index (χ2n) is 5.16. The van der Waals surface area contributed by atoms with Crippen molar-refractivity contribution >= 4 is 0 Å². The van der Waals surface area contributed by atoms with Crippen molar-refractivity contribution in [3.8, 4) is 0 Å². The molecule has 94 valence electrons. The Morgan fingerprint density at radius 1 is 1.41 bits per heavy atom. The van der Waals surface area contributed by atoms with E-state index in [4.69, 9.17) is 0 Å². The summed E-state index contributed by atoms with van der Waals surface area (Å²) in [6.45, 7) is 6.16. The largest absolute Gasteiger partial charge is 0.387 e. The summed E-state index contributed by atoms with van der Waals surface area (Å²) in [7, 11) is 0. The van der Waals surface area contributed by atoms with Crippen LogP contribution in [0.5, 0.6) is 0 Å². The fourth-order valence-electron chi connectivity index (χ4n) is 2.35. The molecule has 1 N–H and O–H groups in total. The van der Waals surface area contributed by atoms with Crippen molar-refractivity contribution in [2.75, 3.05) is 13.1 Å². The van der Waals surface area contributed by atoms with Crippen LogP contribution in [0, 0.1) is 6.92 Å². The lowest BCUT2D eigenvalue weighted by molar-refractivity contribution is 0.108. The Labute approximate surface area is 104 Å². The van der Waals surface area contributed by atoms with Crippen LogP contribution in [0.25, 0.3) is 0 Å². The van der Waals surface area contributed by atoms with E-state index in [9.17, 15) is 5.11 Å². The van der Waals surface area contributed by atoms with Crippen LogP contribution in [0.1, 0.15) is 43.4 Å². The summed E-state index contributed by atoms with van der Waals surface area (Å²) in [5.74, 6) is 0. The van der Waals surface area contributed by atoms with Crippen LogP contribution in [0.15, 0.2) is 24.3 Å². The SMILES string of the molecule is CCCN(CC(O)c1cccc(C)c1)C1CC1. The van der Waals surface area contributed by atoms with Crippen molar-refractivity contribution in [1.29, 1.82) is 0 Å². The lowest BCUT2D eigenvalue weighted by atomic mass is 10.1. The minimum Gasteiger partial charge on any atom is -0.387 e. The number of aryl methyl sites for hydroxylation is 1. The Hall–Kier alpha value is -0.860. The Morgan fingerprint density at radius 2 is 2.18 bits per heavy atom. The molecule has 1 aromatic carbocycles. The molecule has 1 aromatic rings. The van der Waals surface area contributed by atoms with Crippen LogP contribution >= 0.6 is 0 Å². The van der Waals surface area contributed by atoms with Crippen molar-refractivity contribution in [1.82, 2.24) is 4.90 Å². The predicted octanol–water partition coefficient (Wildman–Crippen LogP) is 2.90. The Kier molecular flexibility index (Phi) is 4.19. The molecule has 0 spiro atoms. The van der Waals surface area contributed by atoms with E-state index in [1.54, 1.807) is 0 Å². The Balaban J connectivity index is 1.96. The molecule has 1 fully saturated rings. The van der Waals surface area contributed by atoms with Crippen LogP contribution < -0.4 is 0 Å². The molecule has 0 heterocycles. The van der Waals surface area contributed by atoms with E-state index in [0.717, 1.165) is 31.1 Å². The van der Waals surface area contributed by atoms with Gasteiger partial charge in [-0.25, -0.2) is 0 Å². The summed E-state index contributed by atoms with van der Waals surface area (Å²) in [5, 5.41) is 10.3. The summed E-state index contributed by atoms with van der Waals surface area (Å²) in [4.78, 5) is 2.44. The van der Waals surface area contributed by atoms with Crippen LogP contribution in [0.2, 0.25) is 0 Å². The van der Waals surface area contributed by atoms with E-state index in [-0.39, 0.29) is 6.10 Å². The van der Waals surface area contributed by atoms with E-state index < -0.39 is 0 Å². The van der Waals surface area contributed by atoms with Gasteiger partial charge in [0.25, 0.3) is 0 Å². The highest BCUT2D eigenvalue weighted by molar-refractivity contribution is 5.24. The smallest absolute Gasteiger partial charge is 0.0917 e. The lowest BCUT2D eigenvalue weighted by Crippen LogP contribution is -2.31. The first kappa shape index (κ1) is 12.6. The highest BCUT2D eigenvalue weighted by Crippen LogP contribution is 2.29. The molecule has 2 heteroatoms. The van der Waals surface area contributed by atoms with Gasteiger partial charge in [0.2, 0.25) is 0 Å². The molecular formula is C15H23NO. The Bertz CT molecular complexity index is 360. The fourth-order valence-corrected chi connectivity index (χ4v) is 2.35. The summed E-state index contributed by atoms with van der Waals surface area (Å²) in [5.41, 5.74) is 2.27. The minimum atomic E-state index is -0.345. The number of aliphatic hydroxyl groups excluding tert-OH is 1. The van der Waals surface area contributed by atoms with Gasteiger partial charge in [0.05, 0.1) is 6.10 Å². The normalized spacial score (nSPS) is 17.4. The first-order valence-corrected chi connectivity index (χ1v) is 6.69. The minimum absolute atomic E-state index is 0.345. The van der Waals surface area contributed by atoms with E-state index in [1.807, 2.05) is 12.1 Å². The summed E-state index contributed by atoms with van der Waals surface area (Å²) >= 11 is 0. The molecule has 1 aliphatic carbocycles. The average molecular weight is 233 g/mol. The van der Waals surface area contributed by atoms with Crippen molar-refractivity contribution in [3.05, 3.63) is 35.4 Å². The maximum absolute atomic E-state index is 10.3. The molecule has 1 unspecified atom stereocenters. The number of benzene rings is 1. The number of rotatable bonds is 6. The zero-order valence-corrected chi connectivity index (χ0v) is 10.9. The third-order valence-electron chi connectivity index (χ3n) is 3.41. The van der Waals surface area contributed by atoms with Crippen LogP contribution in [-0.4, -0.2) is 29.1 Å². The topological polar surface area (TPSA) is 23.5 Å². The van der Waals surface area contributed by atoms with E-state index in [0.29, 0.717) is 0 Å². The third-order valence-corrected chi connectivity index (χ3v) is 3.41. The van der Waals surface area contributed by atoms with Crippen molar-refractivity contribution in [3.63, 3.8) is 0 Å². The van der Waals surface area contributed by atoms with E-state index in [2.05, 4.69) is 30.9 Å². The van der Waals surface area contributed by atoms with Gasteiger partial charge in [-0.3, -0.25) is 4.90 Å². The van der Waals surface area contributed by atoms with Crippen molar-refractivity contribution < 1.29 is 5.11 Å². The molecule has 1 saturated carbocycles. The maximum atomic E-state index is 10.3. The quantitative estimate of drug-likeness (QED) is 0.816. The van der Waals surface area contributed by atoms with Gasteiger partial charge < -0.3 is 5.11 Å². The number of nitrogens with zero attached hydrogens (tertiary/aromatic N) is 1. The first-order chi connectivity index (χ1) is 8.20. The Morgan fingerprint density at radius 3 is 2.76 bits per heavy atom. The molecule has 2 nitrogen and oxygen atoms in total. The highest BCUT2D eigenvalue weighted by atomic mass is 16.3. The monoisotopic (exact) mass is 233 g/mol. The van der Waals surface area contributed by atoms with Gasteiger partial charge >= 0.3 is 0 Å². The van der Waals surface area contributed by atoms with Gasteiger partial charge in [-0.05, 0) is 38.3 Å². The van der Waals surface area contributed by atoms with Crippen LogP contribution in [-0.2, 0) is 0 Å². The number of hydrogen-bond acceptors (Lipinski definition) is 2. The van der Waals surface area contributed by atoms with Crippen LogP contribution in [0.3, 0.4) is 0 Å². The van der Waals surface area contributed by atoms with Crippen LogP contribution in [0.4, 0.5) is 0 Å². The summed E-state index contributed by atoms with van der Waals surface area (Å²) < 4.78 is 0. The van der Waals surface area contributed by atoms with E-state index in [1.165, 1.54) is 18.4 Å². The third kappa shape index (κ3) is 3.55. The predicted molar refractivity (Wildman–Crippen MR) is 71.0 cm³/mol. The zero-order valence-electron chi connectivity index (χ0n) is 10.9. The molecule has 1 aliphatic rings. The molecule has 0 amide bonds. The average Bonchev–Trinajstić information content (AvgIpc) is 3.12. The summed E-state index contributed by atoms with van der Waals surface area (Å²) in [6, 6.07) is 8.93.